The minimum absolute atomic E-state index is 0.211. The van der Waals surface area contributed by atoms with E-state index in [1.807, 2.05) is 29.6 Å². The molecule has 0 saturated carbocycles. The molecule has 3 rings (SSSR count). The molecule has 0 radical (unpaired) electrons. The predicted molar refractivity (Wildman–Crippen MR) is 123 cm³/mol. The first-order valence-electron chi connectivity index (χ1n) is 9.44. The molecule has 4 nitrogen and oxygen atoms in total. The van der Waals surface area contributed by atoms with Gasteiger partial charge in [-0.3, -0.25) is 4.79 Å². The molecule has 3 aromatic rings. The number of nitrogens with zero attached hydrogens (tertiary/aromatic N) is 1. The normalized spacial score (nSPS) is 11.0. The van der Waals surface area contributed by atoms with Crippen molar-refractivity contribution in [2.24, 2.45) is 5.10 Å². The smallest absolute Gasteiger partial charge is 0.272 e. The number of amides is 1. The van der Waals surface area contributed by atoms with Gasteiger partial charge >= 0.3 is 0 Å². The van der Waals surface area contributed by atoms with Crippen LogP contribution >= 0.6 is 27.3 Å². The number of aryl methyl sites for hydroxylation is 2. The fourth-order valence-corrected chi connectivity index (χ4v) is 4.05. The molecule has 29 heavy (non-hydrogen) atoms. The Morgan fingerprint density at radius 2 is 2.00 bits per heavy atom. The third-order valence-corrected chi connectivity index (χ3v) is 5.76. The summed E-state index contributed by atoms with van der Waals surface area (Å²) in [6.07, 6.45) is 3.65. The number of rotatable bonds is 8. The highest BCUT2D eigenvalue weighted by Gasteiger charge is 2.08. The summed E-state index contributed by atoms with van der Waals surface area (Å²) in [4.78, 5) is 13.5. The lowest BCUT2D eigenvalue weighted by Crippen LogP contribution is -2.16. The second-order valence-corrected chi connectivity index (χ2v) is 8.62. The topological polar surface area (TPSA) is 50.7 Å². The summed E-state index contributed by atoms with van der Waals surface area (Å²) in [7, 11) is 0. The molecule has 0 aliphatic heterocycles. The molecule has 1 amide bonds. The molecule has 2 aromatic carbocycles. The highest BCUT2D eigenvalue weighted by atomic mass is 79.9. The van der Waals surface area contributed by atoms with Crippen LogP contribution in [0.3, 0.4) is 0 Å². The first-order chi connectivity index (χ1) is 14.0. The van der Waals surface area contributed by atoms with E-state index in [2.05, 4.69) is 64.6 Å². The maximum Gasteiger partial charge on any atom is 0.272 e. The minimum Gasteiger partial charge on any atom is -0.488 e. The average Bonchev–Trinajstić information content (AvgIpc) is 3.18. The first-order valence-corrected chi connectivity index (χ1v) is 11.1. The van der Waals surface area contributed by atoms with Crippen LogP contribution in [0.15, 0.2) is 63.5 Å². The Labute approximate surface area is 183 Å². The Bertz CT molecular complexity index is 996. The van der Waals surface area contributed by atoms with Crippen LogP contribution in [0.4, 0.5) is 0 Å². The van der Waals surface area contributed by atoms with Crippen molar-refractivity contribution in [1.29, 1.82) is 0 Å². The van der Waals surface area contributed by atoms with Gasteiger partial charge in [-0.05, 0) is 43.2 Å². The number of carbonyl (C=O) groups is 1. The number of hydrogen-bond acceptors (Lipinski definition) is 4. The fourth-order valence-electron chi connectivity index (χ4n) is 2.70. The monoisotopic (exact) mass is 470 g/mol. The minimum atomic E-state index is -0.211. The van der Waals surface area contributed by atoms with Gasteiger partial charge in [0.25, 0.3) is 5.91 Å². The van der Waals surface area contributed by atoms with E-state index in [-0.39, 0.29) is 5.91 Å². The summed E-state index contributed by atoms with van der Waals surface area (Å²) in [5.74, 6) is 0.490. The van der Waals surface area contributed by atoms with E-state index in [0.717, 1.165) is 28.4 Å². The quantitative estimate of drug-likeness (QED) is 0.318. The second kappa shape index (κ2) is 10.4. The standard InChI is InChI=1S/C23H23BrN2O2S/c1-3-4-21-12-19(15-29-21)23(27)26-25-13-18-11-20(24)9-10-22(18)28-14-17-7-5-16(2)6-8-17/h5-13,15H,3-4,14H2,1-2H3,(H,26,27)/b25-13-. The molecule has 1 N–H and O–H groups in total. The van der Waals surface area contributed by atoms with Gasteiger partial charge in [-0.1, -0.05) is 59.1 Å². The Morgan fingerprint density at radius 1 is 1.21 bits per heavy atom. The maximum absolute atomic E-state index is 12.3. The molecule has 6 heteroatoms. The van der Waals surface area contributed by atoms with E-state index in [9.17, 15) is 4.79 Å². The lowest BCUT2D eigenvalue weighted by Gasteiger charge is -2.10. The summed E-state index contributed by atoms with van der Waals surface area (Å²) in [6.45, 7) is 4.65. The summed E-state index contributed by atoms with van der Waals surface area (Å²) < 4.78 is 6.88. The number of hydrogen-bond donors (Lipinski definition) is 1. The number of ether oxygens (including phenoxy) is 1. The van der Waals surface area contributed by atoms with Crippen LogP contribution in [0, 0.1) is 6.92 Å². The van der Waals surface area contributed by atoms with Crippen molar-refractivity contribution in [2.75, 3.05) is 0 Å². The predicted octanol–water partition coefficient (Wildman–Crippen LogP) is 6.11. The largest absolute Gasteiger partial charge is 0.488 e. The summed E-state index contributed by atoms with van der Waals surface area (Å²) in [5.41, 5.74) is 6.33. The third kappa shape index (κ3) is 6.27. The Balaban J connectivity index is 1.65. The van der Waals surface area contributed by atoms with Gasteiger partial charge in [0.05, 0.1) is 11.8 Å². The molecule has 0 aliphatic rings. The van der Waals surface area contributed by atoms with Crippen LogP contribution in [0.5, 0.6) is 5.75 Å². The summed E-state index contributed by atoms with van der Waals surface area (Å²) >= 11 is 5.08. The number of hydrazone groups is 1. The van der Waals surface area contributed by atoms with Gasteiger partial charge in [0, 0.05) is 20.3 Å². The average molecular weight is 471 g/mol. The molecule has 150 valence electrons. The van der Waals surface area contributed by atoms with Gasteiger partial charge in [0.15, 0.2) is 0 Å². The van der Waals surface area contributed by atoms with Gasteiger partial charge in [-0.15, -0.1) is 11.3 Å². The van der Waals surface area contributed by atoms with E-state index in [0.29, 0.717) is 17.9 Å². The number of carbonyl (C=O) groups excluding carboxylic acids is 1. The van der Waals surface area contributed by atoms with E-state index in [1.165, 1.54) is 10.4 Å². The lowest BCUT2D eigenvalue weighted by molar-refractivity contribution is 0.0955. The van der Waals surface area contributed by atoms with Crippen molar-refractivity contribution in [3.8, 4) is 5.75 Å². The molecule has 0 atom stereocenters. The molecule has 0 aliphatic carbocycles. The van der Waals surface area contributed by atoms with Crippen molar-refractivity contribution in [1.82, 2.24) is 5.43 Å². The Kier molecular flexibility index (Phi) is 7.61. The molecule has 0 spiro atoms. The summed E-state index contributed by atoms with van der Waals surface area (Å²) in [6, 6.07) is 15.9. The van der Waals surface area contributed by atoms with Crippen molar-refractivity contribution in [2.45, 2.75) is 33.3 Å². The highest BCUT2D eigenvalue weighted by molar-refractivity contribution is 9.10. The maximum atomic E-state index is 12.3. The SMILES string of the molecule is CCCc1cc(C(=O)N/N=C\c2cc(Br)ccc2OCc2ccc(C)cc2)cs1. The van der Waals surface area contributed by atoms with Crippen molar-refractivity contribution < 1.29 is 9.53 Å². The van der Waals surface area contributed by atoms with Crippen LogP contribution in [0.2, 0.25) is 0 Å². The van der Waals surface area contributed by atoms with Crippen molar-refractivity contribution in [3.05, 3.63) is 85.5 Å². The fraction of sp³-hybridized carbons (Fsp3) is 0.217. The lowest BCUT2D eigenvalue weighted by atomic mass is 10.1. The number of nitrogens with one attached hydrogen (secondary N) is 1. The number of thiophene rings is 1. The molecule has 0 bridgehead atoms. The van der Waals surface area contributed by atoms with Gasteiger partial charge in [-0.25, -0.2) is 5.43 Å². The molecule has 1 heterocycles. The molecular formula is C23H23BrN2O2S. The van der Waals surface area contributed by atoms with E-state index in [4.69, 9.17) is 4.74 Å². The second-order valence-electron chi connectivity index (χ2n) is 6.71. The molecule has 0 fully saturated rings. The van der Waals surface area contributed by atoms with Gasteiger partial charge in [0.1, 0.15) is 12.4 Å². The van der Waals surface area contributed by atoms with Crippen LogP contribution in [0.1, 0.15) is 45.3 Å². The van der Waals surface area contributed by atoms with Crippen molar-refractivity contribution in [3.63, 3.8) is 0 Å². The molecular weight excluding hydrogens is 448 g/mol. The van der Waals surface area contributed by atoms with Crippen LogP contribution < -0.4 is 10.2 Å². The Hall–Kier alpha value is -2.44. The zero-order chi connectivity index (χ0) is 20.6. The van der Waals surface area contributed by atoms with Crippen LogP contribution in [-0.4, -0.2) is 12.1 Å². The Morgan fingerprint density at radius 3 is 2.76 bits per heavy atom. The molecule has 1 aromatic heterocycles. The van der Waals surface area contributed by atoms with Crippen molar-refractivity contribution >= 4 is 39.4 Å². The first kappa shape index (κ1) is 21.3. The third-order valence-electron chi connectivity index (χ3n) is 4.27. The molecule has 0 saturated heterocycles. The van der Waals surface area contributed by atoms with E-state index in [1.54, 1.807) is 17.6 Å². The number of benzene rings is 2. The van der Waals surface area contributed by atoms with E-state index >= 15 is 0 Å². The molecule has 0 unspecified atom stereocenters. The van der Waals surface area contributed by atoms with Gasteiger partial charge in [0.2, 0.25) is 0 Å². The zero-order valence-corrected chi connectivity index (χ0v) is 18.8. The van der Waals surface area contributed by atoms with Gasteiger partial charge < -0.3 is 4.74 Å². The van der Waals surface area contributed by atoms with Gasteiger partial charge in [-0.2, -0.15) is 5.10 Å². The van der Waals surface area contributed by atoms with Crippen LogP contribution in [-0.2, 0) is 13.0 Å². The van der Waals surface area contributed by atoms with E-state index < -0.39 is 0 Å². The summed E-state index contributed by atoms with van der Waals surface area (Å²) in [5, 5.41) is 5.99. The zero-order valence-electron chi connectivity index (χ0n) is 16.4. The number of halogens is 1. The highest BCUT2D eigenvalue weighted by Crippen LogP contribution is 2.23. The van der Waals surface area contributed by atoms with Crippen LogP contribution in [0.25, 0.3) is 0 Å².